The zero-order chi connectivity index (χ0) is 14.5. The Morgan fingerprint density at radius 1 is 1.25 bits per heavy atom. The van der Waals surface area contributed by atoms with Gasteiger partial charge in [0.25, 0.3) is 0 Å². The molecule has 0 aromatic heterocycles. The smallest absolute Gasteiger partial charge is 0.232 e. The van der Waals surface area contributed by atoms with Crippen LogP contribution in [-0.4, -0.2) is 26.1 Å². The monoisotopic (exact) mass is 321 g/mol. The number of benzene rings is 1. The minimum Gasteiger partial charge on any atom is -0.327 e. The van der Waals surface area contributed by atoms with Gasteiger partial charge in [-0.1, -0.05) is 0 Å². The maximum atomic E-state index is 11.5. The van der Waals surface area contributed by atoms with E-state index >= 15 is 0 Å². The number of nitrogens with one attached hydrogen (secondary N) is 2. The van der Waals surface area contributed by atoms with Crippen LogP contribution < -0.4 is 15.8 Å². The Labute approximate surface area is 125 Å². The number of hydrogen-bond acceptors (Lipinski definition) is 4. The van der Waals surface area contributed by atoms with Crippen LogP contribution in [0.15, 0.2) is 24.3 Å². The minimum atomic E-state index is -3.28. The highest BCUT2D eigenvalue weighted by Gasteiger charge is 2.08. The molecular formula is C12H20ClN3O3S. The summed E-state index contributed by atoms with van der Waals surface area (Å²) >= 11 is 0. The fourth-order valence-corrected chi connectivity index (χ4v) is 2.02. The second-order valence-corrected chi connectivity index (χ2v) is 6.32. The van der Waals surface area contributed by atoms with E-state index in [0.29, 0.717) is 11.4 Å². The van der Waals surface area contributed by atoms with Crippen molar-refractivity contribution in [2.45, 2.75) is 26.3 Å². The first kappa shape index (κ1) is 18.7. The first-order chi connectivity index (χ1) is 8.82. The largest absolute Gasteiger partial charge is 0.327 e. The third-order valence-corrected chi connectivity index (χ3v) is 3.64. The summed E-state index contributed by atoms with van der Waals surface area (Å²) in [5.41, 5.74) is 6.59. The average molecular weight is 322 g/mol. The first-order valence-electron chi connectivity index (χ1n) is 5.98. The molecule has 1 rings (SSSR count). The van der Waals surface area contributed by atoms with Crippen LogP contribution in [0.25, 0.3) is 0 Å². The van der Waals surface area contributed by atoms with Gasteiger partial charge in [-0.15, -0.1) is 12.4 Å². The Bertz CT molecular complexity index is 529. The van der Waals surface area contributed by atoms with Gasteiger partial charge in [0.05, 0.1) is 5.75 Å². The molecule has 8 heteroatoms. The molecule has 1 amide bonds. The Hall–Kier alpha value is -1.31. The van der Waals surface area contributed by atoms with Crippen molar-refractivity contribution in [3.63, 3.8) is 0 Å². The van der Waals surface area contributed by atoms with Gasteiger partial charge < -0.3 is 11.1 Å². The molecule has 1 aromatic rings. The van der Waals surface area contributed by atoms with Gasteiger partial charge in [0.2, 0.25) is 15.9 Å². The highest BCUT2D eigenvalue weighted by molar-refractivity contribution is 7.92. The third kappa shape index (κ3) is 6.74. The van der Waals surface area contributed by atoms with Crippen LogP contribution in [0.4, 0.5) is 11.4 Å². The van der Waals surface area contributed by atoms with Gasteiger partial charge >= 0.3 is 0 Å². The molecule has 0 saturated heterocycles. The van der Waals surface area contributed by atoms with Gasteiger partial charge in [-0.25, -0.2) is 8.42 Å². The van der Waals surface area contributed by atoms with Crippen molar-refractivity contribution in [1.29, 1.82) is 0 Å². The molecular weight excluding hydrogens is 302 g/mol. The summed E-state index contributed by atoms with van der Waals surface area (Å²) in [6, 6.07) is 6.25. The van der Waals surface area contributed by atoms with Gasteiger partial charge in [-0.05, 0) is 38.1 Å². The molecule has 1 atom stereocenters. The average Bonchev–Trinajstić information content (AvgIpc) is 2.30. The number of carbonyl (C=O) groups is 1. The number of carbonyl (C=O) groups excluding carboxylic acids is 1. The van der Waals surface area contributed by atoms with Crippen molar-refractivity contribution >= 4 is 39.7 Å². The lowest BCUT2D eigenvalue weighted by Crippen LogP contribution is -2.23. The van der Waals surface area contributed by atoms with E-state index in [4.69, 9.17) is 5.73 Å². The molecule has 1 unspecified atom stereocenters. The second-order valence-electron chi connectivity index (χ2n) is 4.31. The van der Waals surface area contributed by atoms with E-state index in [9.17, 15) is 13.2 Å². The van der Waals surface area contributed by atoms with E-state index < -0.39 is 10.0 Å². The molecule has 0 aliphatic carbocycles. The number of nitrogens with two attached hydrogens (primary N) is 1. The lowest BCUT2D eigenvalue weighted by molar-refractivity contribution is -0.116. The Kier molecular flexibility index (Phi) is 7.55. The van der Waals surface area contributed by atoms with Crippen molar-refractivity contribution in [3.05, 3.63) is 24.3 Å². The maximum absolute atomic E-state index is 11.5. The summed E-state index contributed by atoms with van der Waals surface area (Å²) in [5, 5.41) is 2.68. The van der Waals surface area contributed by atoms with Crippen molar-refractivity contribution < 1.29 is 13.2 Å². The van der Waals surface area contributed by atoms with Crippen LogP contribution in [0.3, 0.4) is 0 Å². The topological polar surface area (TPSA) is 101 Å². The molecule has 4 N–H and O–H groups in total. The van der Waals surface area contributed by atoms with E-state index in [0.717, 1.165) is 0 Å². The Morgan fingerprint density at radius 2 is 1.75 bits per heavy atom. The van der Waals surface area contributed by atoms with Crippen molar-refractivity contribution in [2.75, 3.05) is 15.8 Å². The fraction of sp³-hybridized carbons (Fsp3) is 0.417. The molecule has 0 aliphatic rings. The van der Waals surface area contributed by atoms with E-state index in [-0.39, 0.29) is 36.5 Å². The SMILES string of the molecule is CCS(=O)(=O)Nc1ccc(NC(=O)CC(C)N)cc1.Cl. The summed E-state index contributed by atoms with van der Waals surface area (Å²) in [5.74, 6) is -0.156. The zero-order valence-electron chi connectivity index (χ0n) is 11.4. The van der Waals surface area contributed by atoms with Gasteiger partial charge in [0, 0.05) is 23.8 Å². The van der Waals surface area contributed by atoms with Gasteiger partial charge in [0.15, 0.2) is 0 Å². The summed E-state index contributed by atoms with van der Waals surface area (Å²) in [7, 11) is -3.28. The molecule has 0 bridgehead atoms. The van der Waals surface area contributed by atoms with Crippen molar-refractivity contribution in [1.82, 2.24) is 0 Å². The normalized spacial score (nSPS) is 12.2. The van der Waals surface area contributed by atoms with Crippen LogP contribution in [-0.2, 0) is 14.8 Å². The lowest BCUT2D eigenvalue weighted by atomic mass is 10.2. The molecule has 1 aromatic carbocycles. The van der Waals surface area contributed by atoms with E-state index in [1.54, 1.807) is 38.1 Å². The molecule has 0 radical (unpaired) electrons. The number of rotatable bonds is 6. The first-order valence-corrected chi connectivity index (χ1v) is 7.63. The Morgan fingerprint density at radius 3 is 2.20 bits per heavy atom. The fourth-order valence-electron chi connectivity index (χ4n) is 1.38. The molecule has 0 heterocycles. The Balaban J connectivity index is 0.00000361. The summed E-state index contributed by atoms with van der Waals surface area (Å²) in [6.07, 6.45) is 0.240. The van der Waals surface area contributed by atoms with Crippen LogP contribution in [0.1, 0.15) is 20.3 Å². The van der Waals surface area contributed by atoms with E-state index in [1.807, 2.05) is 0 Å². The summed E-state index contributed by atoms with van der Waals surface area (Å²) < 4.78 is 25.1. The van der Waals surface area contributed by atoms with E-state index in [1.165, 1.54) is 0 Å². The number of hydrogen-bond donors (Lipinski definition) is 3. The van der Waals surface area contributed by atoms with Gasteiger partial charge in [-0.2, -0.15) is 0 Å². The molecule has 114 valence electrons. The molecule has 6 nitrogen and oxygen atoms in total. The number of amides is 1. The van der Waals surface area contributed by atoms with Crippen LogP contribution in [0, 0.1) is 0 Å². The summed E-state index contributed by atoms with van der Waals surface area (Å²) in [6.45, 7) is 3.31. The highest BCUT2D eigenvalue weighted by Crippen LogP contribution is 2.15. The number of anilines is 2. The van der Waals surface area contributed by atoms with E-state index in [2.05, 4.69) is 10.0 Å². The maximum Gasteiger partial charge on any atom is 0.232 e. The van der Waals surface area contributed by atoms with Gasteiger partial charge in [-0.3, -0.25) is 9.52 Å². The molecule has 0 fully saturated rings. The molecule has 0 aliphatic heterocycles. The second kappa shape index (κ2) is 8.08. The third-order valence-electron chi connectivity index (χ3n) is 2.33. The minimum absolute atomic E-state index is 0. The number of halogens is 1. The van der Waals surface area contributed by atoms with Crippen molar-refractivity contribution in [2.24, 2.45) is 5.73 Å². The standard InChI is InChI=1S/C12H19N3O3S.ClH/c1-3-19(17,18)15-11-6-4-10(5-7-11)14-12(16)8-9(2)13;/h4-7,9,15H,3,8,13H2,1-2H3,(H,14,16);1H. The summed E-state index contributed by atoms with van der Waals surface area (Å²) in [4.78, 5) is 11.5. The highest BCUT2D eigenvalue weighted by atomic mass is 35.5. The van der Waals surface area contributed by atoms with Crippen LogP contribution in [0.2, 0.25) is 0 Å². The quantitative estimate of drug-likeness (QED) is 0.739. The molecule has 0 saturated carbocycles. The van der Waals surface area contributed by atoms with Crippen LogP contribution in [0.5, 0.6) is 0 Å². The molecule has 0 spiro atoms. The predicted molar refractivity (Wildman–Crippen MR) is 83.7 cm³/mol. The number of sulfonamides is 1. The van der Waals surface area contributed by atoms with Gasteiger partial charge in [0.1, 0.15) is 0 Å². The molecule has 20 heavy (non-hydrogen) atoms. The van der Waals surface area contributed by atoms with Crippen LogP contribution >= 0.6 is 12.4 Å². The lowest BCUT2D eigenvalue weighted by Gasteiger charge is -2.09. The van der Waals surface area contributed by atoms with Crippen molar-refractivity contribution in [3.8, 4) is 0 Å². The zero-order valence-corrected chi connectivity index (χ0v) is 13.1. The predicted octanol–water partition coefficient (Wildman–Crippen LogP) is 1.55.